The smallest absolute Gasteiger partial charge is 0.291 e. The molecule has 2 amide bonds. The van der Waals surface area contributed by atoms with Crippen LogP contribution in [0.3, 0.4) is 0 Å². The molecule has 0 aliphatic carbocycles. The van der Waals surface area contributed by atoms with Gasteiger partial charge in [-0.15, -0.1) is 0 Å². The van der Waals surface area contributed by atoms with Crippen molar-refractivity contribution in [3.05, 3.63) is 74.6 Å². The lowest BCUT2D eigenvalue weighted by Crippen LogP contribution is -2.40. The van der Waals surface area contributed by atoms with Crippen LogP contribution >= 0.6 is 11.6 Å². The van der Waals surface area contributed by atoms with E-state index >= 15 is 0 Å². The largest absolute Gasteiger partial charge is 0.484 e. The average molecular weight is 503 g/mol. The van der Waals surface area contributed by atoms with Gasteiger partial charge in [-0.2, -0.15) is 0 Å². The summed E-state index contributed by atoms with van der Waals surface area (Å²) in [5.41, 5.74) is 5.62. The predicted octanol–water partition coefficient (Wildman–Crippen LogP) is 2.04. The van der Waals surface area contributed by atoms with Crippen molar-refractivity contribution in [2.75, 3.05) is 18.1 Å². The van der Waals surface area contributed by atoms with Crippen LogP contribution in [0.4, 0.5) is 0 Å². The normalized spacial score (nSPS) is 21.1. The van der Waals surface area contributed by atoms with E-state index < -0.39 is 39.2 Å². The second kappa shape index (κ2) is 8.14. The number of amides is 2. The first kappa shape index (κ1) is 22.4. The Kier molecular flexibility index (Phi) is 5.37. The standard InChI is InChI=1S/C23H19ClN2O7S/c24-13-3-6-17-16(9-13)21(28)19-20(12-1-4-15(5-2-12)32-10-18(25)27)26(23(29)22(19)33-17)14-7-8-34(30,31)11-14/h1-6,9,14,20H,7-8,10-11H2,(H2,25,27). The Hall–Kier alpha value is -3.37. The fourth-order valence-electron chi connectivity index (χ4n) is 4.56. The van der Waals surface area contributed by atoms with Crippen molar-refractivity contribution in [2.45, 2.75) is 18.5 Å². The van der Waals surface area contributed by atoms with Gasteiger partial charge in [0.2, 0.25) is 5.76 Å². The molecule has 3 aromatic rings. The molecule has 2 unspecified atom stereocenters. The van der Waals surface area contributed by atoms with Crippen molar-refractivity contribution >= 4 is 44.2 Å². The first-order valence-corrected chi connectivity index (χ1v) is 12.6. The van der Waals surface area contributed by atoms with Crippen molar-refractivity contribution in [1.29, 1.82) is 0 Å². The zero-order valence-corrected chi connectivity index (χ0v) is 19.3. The van der Waals surface area contributed by atoms with Gasteiger partial charge in [0.05, 0.1) is 28.5 Å². The first-order chi connectivity index (χ1) is 16.1. The molecule has 0 bridgehead atoms. The molecule has 34 heavy (non-hydrogen) atoms. The summed E-state index contributed by atoms with van der Waals surface area (Å²) >= 11 is 6.09. The number of carbonyl (C=O) groups excluding carboxylic acids is 2. The van der Waals surface area contributed by atoms with E-state index in [0.717, 1.165) is 0 Å². The summed E-state index contributed by atoms with van der Waals surface area (Å²) < 4.78 is 35.5. The maximum atomic E-state index is 13.5. The maximum Gasteiger partial charge on any atom is 0.291 e. The van der Waals surface area contributed by atoms with E-state index in [-0.39, 0.29) is 46.8 Å². The lowest BCUT2D eigenvalue weighted by Gasteiger charge is -2.30. The second-order valence-electron chi connectivity index (χ2n) is 8.31. The van der Waals surface area contributed by atoms with E-state index in [1.807, 2.05) is 0 Å². The summed E-state index contributed by atoms with van der Waals surface area (Å²) in [4.78, 5) is 39.4. The number of rotatable bonds is 5. The minimum atomic E-state index is -3.31. The van der Waals surface area contributed by atoms with Crippen LogP contribution in [-0.2, 0) is 14.6 Å². The number of primary amides is 1. The molecule has 9 nitrogen and oxygen atoms in total. The van der Waals surface area contributed by atoms with E-state index in [1.54, 1.807) is 30.3 Å². The van der Waals surface area contributed by atoms with Crippen LogP contribution in [-0.4, -0.2) is 49.3 Å². The summed E-state index contributed by atoms with van der Waals surface area (Å²) in [6.45, 7) is -0.299. The Labute approximate surface area is 199 Å². The molecular weight excluding hydrogens is 484 g/mol. The summed E-state index contributed by atoms with van der Waals surface area (Å²) in [5, 5.41) is 0.571. The molecule has 11 heteroatoms. The third-order valence-corrected chi connectivity index (χ3v) is 8.03. The van der Waals surface area contributed by atoms with Gasteiger partial charge in [-0.25, -0.2) is 8.42 Å². The Balaban J connectivity index is 1.66. The van der Waals surface area contributed by atoms with E-state index in [4.69, 9.17) is 26.5 Å². The average Bonchev–Trinajstić information content (AvgIpc) is 3.29. The highest BCUT2D eigenvalue weighted by atomic mass is 35.5. The monoisotopic (exact) mass is 502 g/mol. The minimum absolute atomic E-state index is 0.0383. The number of nitrogens with two attached hydrogens (primary N) is 1. The molecule has 2 aliphatic heterocycles. The first-order valence-electron chi connectivity index (χ1n) is 10.4. The highest BCUT2D eigenvalue weighted by Gasteiger charge is 2.48. The number of nitrogens with zero attached hydrogens (tertiary/aromatic N) is 1. The number of benzene rings is 2. The molecule has 1 aromatic heterocycles. The third kappa shape index (κ3) is 3.82. The van der Waals surface area contributed by atoms with Gasteiger partial charge in [-0.3, -0.25) is 14.4 Å². The molecule has 3 heterocycles. The quantitative estimate of drug-likeness (QED) is 0.563. The van der Waals surface area contributed by atoms with Crippen LogP contribution in [0.5, 0.6) is 5.75 Å². The zero-order valence-electron chi connectivity index (χ0n) is 17.7. The van der Waals surface area contributed by atoms with Gasteiger partial charge < -0.3 is 19.8 Å². The summed E-state index contributed by atoms with van der Waals surface area (Å²) in [7, 11) is -3.31. The molecule has 1 fully saturated rings. The van der Waals surface area contributed by atoms with E-state index in [2.05, 4.69) is 0 Å². The second-order valence-corrected chi connectivity index (χ2v) is 11.0. The number of ether oxygens (including phenoxy) is 1. The van der Waals surface area contributed by atoms with Gasteiger partial charge >= 0.3 is 0 Å². The SMILES string of the molecule is NC(=O)COc1ccc(C2c3c(oc4ccc(Cl)cc4c3=O)C(=O)N2C2CCS(=O)(=O)C2)cc1. The van der Waals surface area contributed by atoms with Gasteiger partial charge in [0.25, 0.3) is 11.8 Å². The van der Waals surface area contributed by atoms with Gasteiger partial charge in [-0.05, 0) is 42.3 Å². The molecule has 1 saturated heterocycles. The molecule has 176 valence electrons. The lowest BCUT2D eigenvalue weighted by atomic mass is 9.97. The Morgan fingerprint density at radius 2 is 1.91 bits per heavy atom. The fourth-order valence-corrected chi connectivity index (χ4v) is 6.45. The van der Waals surface area contributed by atoms with Crippen LogP contribution in [0.25, 0.3) is 11.0 Å². The summed E-state index contributed by atoms with van der Waals surface area (Å²) in [6, 6.07) is 9.58. The Bertz CT molecular complexity index is 1500. The van der Waals surface area contributed by atoms with Crippen LogP contribution in [0.15, 0.2) is 51.7 Å². The van der Waals surface area contributed by atoms with Gasteiger partial charge in [-0.1, -0.05) is 23.7 Å². The number of sulfone groups is 1. The topological polar surface area (TPSA) is 137 Å². The molecule has 0 spiro atoms. The van der Waals surface area contributed by atoms with Crippen LogP contribution < -0.4 is 15.9 Å². The Morgan fingerprint density at radius 1 is 1.18 bits per heavy atom. The molecule has 0 saturated carbocycles. The number of halogens is 1. The molecule has 2 aliphatic rings. The zero-order chi connectivity index (χ0) is 24.2. The number of carbonyl (C=O) groups is 2. The lowest BCUT2D eigenvalue weighted by molar-refractivity contribution is -0.119. The van der Waals surface area contributed by atoms with Crippen LogP contribution in [0, 0.1) is 0 Å². The maximum absolute atomic E-state index is 13.5. The number of fused-ring (bicyclic) bond motifs is 2. The molecular formula is C23H19ClN2O7S. The predicted molar refractivity (Wildman–Crippen MR) is 124 cm³/mol. The molecule has 5 rings (SSSR count). The molecule has 2 N–H and O–H groups in total. The number of hydrogen-bond acceptors (Lipinski definition) is 7. The van der Waals surface area contributed by atoms with Crippen molar-refractivity contribution in [3.63, 3.8) is 0 Å². The minimum Gasteiger partial charge on any atom is -0.484 e. The fraction of sp³-hybridized carbons (Fsp3) is 0.261. The van der Waals surface area contributed by atoms with Gasteiger partial charge in [0, 0.05) is 11.1 Å². The van der Waals surface area contributed by atoms with E-state index in [0.29, 0.717) is 16.3 Å². The Morgan fingerprint density at radius 3 is 2.56 bits per heavy atom. The van der Waals surface area contributed by atoms with Crippen molar-refractivity contribution in [2.24, 2.45) is 5.73 Å². The van der Waals surface area contributed by atoms with Gasteiger partial charge in [0.1, 0.15) is 11.3 Å². The van der Waals surface area contributed by atoms with Gasteiger partial charge in [0.15, 0.2) is 21.9 Å². The van der Waals surface area contributed by atoms with Crippen molar-refractivity contribution in [3.8, 4) is 5.75 Å². The summed E-state index contributed by atoms with van der Waals surface area (Å²) in [5.74, 6) is -1.13. The molecule has 2 atom stereocenters. The van der Waals surface area contributed by atoms with E-state index in [1.165, 1.54) is 17.0 Å². The molecule has 2 aromatic carbocycles. The molecule has 0 radical (unpaired) electrons. The number of hydrogen-bond donors (Lipinski definition) is 1. The van der Waals surface area contributed by atoms with Crippen LogP contribution in [0.1, 0.15) is 34.1 Å². The van der Waals surface area contributed by atoms with Crippen molar-refractivity contribution < 1.29 is 27.2 Å². The van der Waals surface area contributed by atoms with Crippen molar-refractivity contribution in [1.82, 2.24) is 4.90 Å². The third-order valence-electron chi connectivity index (χ3n) is 6.05. The van der Waals surface area contributed by atoms with Crippen LogP contribution in [0.2, 0.25) is 5.02 Å². The summed E-state index contributed by atoms with van der Waals surface area (Å²) in [6.07, 6.45) is 0.262. The highest BCUT2D eigenvalue weighted by molar-refractivity contribution is 7.91. The highest BCUT2D eigenvalue weighted by Crippen LogP contribution is 2.41. The van der Waals surface area contributed by atoms with E-state index in [9.17, 15) is 22.8 Å².